The Labute approximate surface area is 91.8 Å². The number of hydrogen-bond acceptors (Lipinski definition) is 3. The molecule has 1 saturated heterocycles. The molecule has 1 fully saturated rings. The van der Waals surface area contributed by atoms with Crippen LogP contribution in [0.3, 0.4) is 0 Å². The molecule has 0 aromatic heterocycles. The standard InChI is InChI=1S/C7H14S.C4H8O2/c1-7(2)5-3-4-6-8-7;1-3-6-4(2)5/h3-6H2,1-2H3;3H2,1-2H3. The zero-order valence-electron chi connectivity index (χ0n) is 9.76. The van der Waals surface area contributed by atoms with Crippen molar-refractivity contribution in [1.29, 1.82) is 0 Å². The minimum Gasteiger partial charge on any atom is -0.466 e. The number of carbonyl (C=O) groups is 1. The molecule has 2 nitrogen and oxygen atoms in total. The van der Waals surface area contributed by atoms with E-state index < -0.39 is 0 Å². The van der Waals surface area contributed by atoms with E-state index in [0.717, 1.165) is 0 Å². The molecule has 84 valence electrons. The third-order valence-electron chi connectivity index (χ3n) is 2.01. The van der Waals surface area contributed by atoms with E-state index in [1.165, 1.54) is 31.9 Å². The Hall–Kier alpha value is -0.180. The predicted octanol–water partition coefficient (Wildman–Crippen LogP) is 3.25. The second-order valence-corrected chi connectivity index (χ2v) is 5.79. The van der Waals surface area contributed by atoms with Gasteiger partial charge in [0, 0.05) is 11.7 Å². The Morgan fingerprint density at radius 2 is 2.07 bits per heavy atom. The summed E-state index contributed by atoms with van der Waals surface area (Å²) in [6, 6.07) is 0. The fourth-order valence-electron chi connectivity index (χ4n) is 1.28. The molecule has 1 aliphatic rings. The molecular weight excluding hydrogens is 196 g/mol. The number of esters is 1. The highest BCUT2D eigenvalue weighted by molar-refractivity contribution is 8.00. The lowest BCUT2D eigenvalue weighted by molar-refractivity contribution is -0.140. The average Bonchev–Trinajstić information content (AvgIpc) is 2.04. The van der Waals surface area contributed by atoms with Crippen LogP contribution in [0.25, 0.3) is 0 Å². The minimum absolute atomic E-state index is 0.211. The zero-order valence-corrected chi connectivity index (χ0v) is 10.6. The van der Waals surface area contributed by atoms with Gasteiger partial charge < -0.3 is 4.74 Å². The summed E-state index contributed by atoms with van der Waals surface area (Å²) in [5.41, 5.74) is 0. The first-order chi connectivity index (χ1) is 6.48. The summed E-state index contributed by atoms with van der Waals surface area (Å²) in [5.74, 6) is 1.17. The van der Waals surface area contributed by atoms with Crippen molar-refractivity contribution >= 4 is 17.7 Å². The van der Waals surface area contributed by atoms with Crippen molar-refractivity contribution in [2.45, 2.75) is 51.7 Å². The van der Waals surface area contributed by atoms with Crippen molar-refractivity contribution in [2.75, 3.05) is 12.4 Å². The summed E-state index contributed by atoms with van der Waals surface area (Å²) in [4.78, 5) is 9.82. The van der Waals surface area contributed by atoms with Crippen molar-refractivity contribution in [2.24, 2.45) is 0 Å². The third kappa shape index (κ3) is 8.42. The molecule has 0 amide bonds. The van der Waals surface area contributed by atoms with Crippen molar-refractivity contribution in [3.05, 3.63) is 0 Å². The molecule has 0 aromatic carbocycles. The van der Waals surface area contributed by atoms with Crippen LogP contribution in [-0.4, -0.2) is 23.1 Å². The Kier molecular flexibility index (Phi) is 7.06. The van der Waals surface area contributed by atoms with E-state index in [1.54, 1.807) is 6.92 Å². The van der Waals surface area contributed by atoms with Crippen LogP contribution in [-0.2, 0) is 9.53 Å². The van der Waals surface area contributed by atoms with Crippen LogP contribution in [0.1, 0.15) is 47.0 Å². The van der Waals surface area contributed by atoms with Crippen LogP contribution < -0.4 is 0 Å². The Morgan fingerprint density at radius 3 is 2.21 bits per heavy atom. The number of hydrogen-bond donors (Lipinski definition) is 0. The first-order valence-electron chi connectivity index (χ1n) is 5.25. The molecule has 1 rings (SSSR count). The van der Waals surface area contributed by atoms with Gasteiger partial charge in [-0.25, -0.2) is 0 Å². The van der Waals surface area contributed by atoms with Crippen molar-refractivity contribution < 1.29 is 9.53 Å². The van der Waals surface area contributed by atoms with E-state index in [0.29, 0.717) is 11.4 Å². The molecule has 0 saturated carbocycles. The Balaban J connectivity index is 0.000000255. The topological polar surface area (TPSA) is 26.3 Å². The van der Waals surface area contributed by atoms with Gasteiger partial charge in [0.1, 0.15) is 0 Å². The summed E-state index contributed by atoms with van der Waals surface area (Å²) in [5, 5.41) is 0. The third-order valence-corrected chi connectivity index (χ3v) is 3.49. The first-order valence-corrected chi connectivity index (χ1v) is 6.24. The molecule has 3 heteroatoms. The van der Waals surface area contributed by atoms with E-state index in [4.69, 9.17) is 0 Å². The van der Waals surface area contributed by atoms with Gasteiger partial charge >= 0.3 is 5.97 Å². The second-order valence-electron chi connectivity index (χ2n) is 3.99. The largest absolute Gasteiger partial charge is 0.466 e. The van der Waals surface area contributed by atoms with Gasteiger partial charge in [0.25, 0.3) is 0 Å². The van der Waals surface area contributed by atoms with Gasteiger partial charge in [-0.3, -0.25) is 4.79 Å². The molecule has 0 aliphatic carbocycles. The molecule has 0 unspecified atom stereocenters. The van der Waals surface area contributed by atoms with Crippen LogP contribution in [0.15, 0.2) is 0 Å². The van der Waals surface area contributed by atoms with Crippen LogP contribution >= 0.6 is 11.8 Å². The van der Waals surface area contributed by atoms with Crippen LogP contribution in [0, 0.1) is 0 Å². The van der Waals surface area contributed by atoms with Gasteiger partial charge in [0.15, 0.2) is 0 Å². The molecule has 0 N–H and O–H groups in total. The van der Waals surface area contributed by atoms with E-state index in [9.17, 15) is 4.79 Å². The highest BCUT2D eigenvalue weighted by Gasteiger charge is 2.20. The van der Waals surface area contributed by atoms with Gasteiger partial charge in [-0.1, -0.05) is 20.3 Å². The molecule has 0 bridgehead atoms. The number of thioether (sulfide) groups is 1. The highest BCUT2D eigenvalue weighted by atomic mass is 32.2. The number of carbonyl (C=O) groups excluding carboxylic acids is 1. The lowest BCUT2D eigenvalue weighted by Gasteiger charge is -2.28. The molecule has 1 aliphatic heterocycles. The lowest BCUT2D eigenvalue weighted by Crippen LogP contribution is -2.18. The van der Waals surface area contributed by atoms with E-state index in [1.807, 2.05) is 0 Å². The van der Waals surface area contributed by atoms with E-state index in [2.05, 4.69) is 30.3 Å². The predicted molar refractivity (Wildman–Crippen MR) is 62.7 cm³/mol. The maximum absolute atomic E-state index is 9.82. The van der Waals surface area contributed by atoms with Crippen molar-refractivity contribution in [1.82, 2.24) is 0 Å². The molecule has 14 heavy (non-hydrogen) atoms. The maximum Gasteiger partial charge on any atom is 0.302 e. The van der Waals surface area contributed by atoms with Gasteiger partial charge in [0.05, 0.1) is 6.61 Å². The zero-order chi connectivity index (χ0) is 11.0. The Bertz CT molecular complexity index is 159. The normalized spacial score (nSPS) is 19.1. The van der Waals surface area contributed by atoms with Crippen LogP contribution in [0.2, 0.25) is 0 Å². The molecule has 0 aromatic rings. The fraction of sp³-hybridized carbons (Fsp3) is 0.909. The summed E-state index contributed by atoms with van der Waals surface area (Å²) >= 11 is 2.12. The molecule has 0 radical (unpaired) electrons. The number of ether oxygens (including phenoxy) is 1. The van der Waals surface area contributed by atoms with E-state index in [-0.39, 0.29) is 5.97 Å². The van der Waals surface area contributed by atoms with Crippen molar-refractivity contribution in [3.8, 4) is 0 Å². The van der Waals surface area contributed by atoms with Gasteiger partial charge in [-0.2, -0.15) is 11.8 Å². The van der Waals surface area contributed by atoms with Crippen LogP contribution in [0.5, 0.6) is 0 Å². The highest BCUT2D eigenvalue weighted by Crippen LogP contribution is 2.34. The first kappa shape index (κ1) is 13.8. The number of rotatable bonds is 1. The summed E-state index contributed by atoms with van der Waals surface area (Å²) in [7, 11) is 0. The summed E-state index contributed by atoms with van der Waals surface area (Å²) in [6.45, 7) is 8.34. The molecule has 0 atom stereocenters. The SMILES string of the molecule is CC1(C)CCCCS1.CCOC(C)=O. The van der Waals surface area contributed by atoms with Gasteiger partial charge in [-0.15, -0.1) is 0 Å². The average molecular weight is 218 g/mol. The quantitative estimate of drug-likeness (QED) is 0.632. The monoisotopic (exact) mass is 218 g/mol. The smallest absolute Gasteiger partial charge is 0.302 e. The Morgan fingerprint density at radius 1 is 1.43 bits per heavy atom. The molecular formula is C11H22O2S. The molecule has 1 heterocycles. The fourth-order valence-corrected chi connectivity index (χ4v) is 2.47. The second kappa shape index (κ2) is 7.16. The maximum atomic E-state index is 9.82. The van der Waals surface area contributed by atoms with Gasteiger partial charge in [-0.05, 0) is 25.5 Å². The summed E-state index contributed by atoms with van der Waals surface area (Å²) in [6.07, 6.45) is 4.30. The summed E-state index contributed by atoms with van der Waals surface area (Å²) < 4.78 is 5.00. The van der Waals surface area contributed by atoms with Crippen molar-refractivity contribution in [3.63, 3.8) is 0 Å². The lowest BCUT2D eigenvalue weighted by atomic mass is 10.1. The van der Waals surface area contributed by atoms with E-state index >= 15 is 0 Å². The van der Waals surface area contributed by atoms with Gasteiger partial charge in [0.2, 0.25) is 0 Å². The van der Waals surface area contributed by atoms with Crippen LogP contribution in [0.4, 0.5) is 0 Å². The molecule has 0 spiro atoms. The minimum atomic E-state index is -0.211.